The van der Waals surface area contributed by atoms with E-state index in [2.05, 4.69) is 35.9 Å². The van der Waals surface area contributed by atoms with Crippen LogP contribution >= 0.6 is 0 Å². The Kier molecular flexibility index (Phi) is 5.21. The van der Waals surface area contributed by atoms with Crippen molar-refractivity contribution >= 4 is 16.7 Å². The molecule has 8 nitrogen and oxygen atoms in total. The normalized spacial score (nSPS) is 14.9. The van der Waals surface area contributed by atoms with E-state index < -0.39 is 0 Å². The first-order valence-electron chi connectivity index (χ1n) is 10.6. The van der Waals surface area contributed by atoms with Gasteiger partial charge in [0, 0.05) is 56.9 Å². The molecule has 1 saturated heterocycles. The lowest BCUT2D eigenvalue weighted by Gasteiger charge is -2.36. The molecule has 0 unspecified atom stereocenters. The quantitative estimate of drug-likeness (QED) is 0.539. The summed E-state index contributed by atoms with van der Waals surface area (Å²) in [6.07, 6.45) is 8.19. The third-order valence-electron chi connectivity index (χ3n) is 5.82. The van der Waals surface area contributed by atoms with E-state index >= 15 is 0 Å². The van der Waals surface area contributed by atoms with Crippen LogP contribution in [0.4, 0.5) is 5.69 Å². The maximum atomic E-state index is 12.1. The zero-order valence-corrected chi connectivity index (χ0v) is 17.5. The number of aromatic nitrogens is 5. The molecule has 0 bridgehead atoms. The van der Waals surface area contributed by atoms with Gasteiger partial charge in [-0.25, -0.2) is 9.67 Å². The lowest BCUT2D eigenvalue weighted by Crippen LogP contribution is -2.46. The van der Waals surface area contributed by atoms with E-state index in [-0.39, 0.29) is 5.56 Å². The SMILES string of the molecule is CCc1cc2ncc(CN3CCN(c4ccc(-n5cccn5)nc4)CC3)cc2[nH]c1=O. The molecule has 0 spiro atoms. The van der Waals surface area contributed by atoms with Crippen LogP contribution in [0, 0.1) is 0 Å². The molecule has 0 amide bonds. The molecule has 0 radical (unpaired) electrons. The lowest BCUT2D eigenvalue weighted by molar-refractivity contribution is 0.249. The summed E-state index contributed by atoms with van der Waals surface area (Å²) < 4.78 is 1.76. The summed E-state index contributed by atoms with van der Waals surface area (Å²) in [5.41, 5.74) is 4.65. The summed E-state index contributed by atoms with van der Waals surface area (Å²) in [7, 11) is 0. The molecular formula is C23H25N7O. The molecule has 158 valence electrons. The van der Waals surface area contributed by atoms with Gasteiger partial charge in [-0.05, 0) is 42.3 Å². The molecule has 1 fully saturated rings. The van der Waals surface area contributed by atoms with Crippen LogP contribution in [0.3, 0.4) is 0 Å². The fourth-order valence-electron chi connectivity index (χ4n) is 4.04. The topological polar surface area (TPSA) is 82.9 Å². The largest absolute Gasteiger partial charge is 0.368 e. The Hall–Kier alpha value is -3.52. The minimum atomic E-state index is -0.0188. The van der Waals surface area contributed by atoms with Crippen molar-refractivity contribution in [3.8, 4) is 5.82 Å². The lowest BCUT2D eigenvalue weighted by atomic mass is 10.1. The first kappa shape index (κ1) is 19.4. The van der Waals surface area contributed by atoms with Gasteiger partial charge in [-0.15, -0.1) is 0 Å². The van der Waals surface area contributed by atoms with E-state index in [1.165, 1.54) is 0 Å². The second kappa shape index (κ2) is 8.31. The smallest absolute Gasteiger partial charge is 0.251 e. The standard InChI is InChI=1S/C23H25N7O/c1-2-18-13-20-21(27-23(18)31)12-17(14-24-20)16-28-8-10-29(11-9-28)19-4-5-22(25-15-19)30-7-3-6-26-30/h3-7,12-15H,2,8-11,16H2,1H3,(H,27,31). The van der Waals surface area contributed by atoms with Gasteiger partial charge in [0.2, 0.25) is 0 Å². The Morgan fingerprint density at radius 2 is 1.94 bits per heavy atom. The number of pyridine rings is 3. The van der Waals surface area contributed by atoms with Crippen molar-refractivity contribution in [1.82, 2.24) is 29.6 Å². The Balaban J connectivity index is 1.22. The van der Waals surface area contributed by atoms with Gasteiger partial charge >= 0.3 is 0 Å². The fraction of sp³-hybridized carbons (Fsp3) is 0.304. The number of aryl methyl sites for hydroxylation is 1. The highest BCUT2D eigenvalue weighted by Crippen LogP contribution is 2.18. The van der Waals surface area contributed by atoms with Crippen molar-refractivity contribution < 1.29 is 0 Å². The van der Waals surface area contributed by atoms with Gasteiger partial charge in [0.25, 0.3) is 5.56 Å². The van der Waals surface area contributed by atoms with Crippen LogP contribution in [0.15, 0.2) is 59.9 Å². The Labute approximate surface area is 180 Å². The predicted molar refractivity (Wildman–Crippen MR) is 121 cm³/mol. The highest BCUT2D eigenvalue weighted by molar-refractivity contribution is 5.74. The first-order chi connectivity index (χ1) is 15.2. The van der Waals surface area contributed by atoms with Crippen molar-refractivity contribution in [3.63, 3.8) is 0 Å². The monoisotopic (exact) mass is 415 g/mol. The zero-order valence-electron chi connectivity index (χ0n) is 17.5. The number of anilines is 1. The van der Waals surface area contributed by atoms with E-state index in [1.807, 2.05) is 49.8 Å². The molecular weight excluding hydrogens is 390 g/mol. The third-order valence-corrected chi connectivity index (χ3v) is 5.82. The average Bonchev–Trinajstić information content (AvgIpc) is 3.34. The minimum absolute atomic E-state index is 0.0188. The summed E-state index contributed by atoms with van der Waals surface area (Å²) in [5, 5.41) is 4.22. The molecule has 5 heterocycles. The molecule has 0 aromatic carbocycles. The van der Waals surface area contributed by atoms with Crippen LogP contribution in [0.1, 0.15) is 18.1 Å². The van der Waals surface area contributed by atoms with Gasteiger partial charge in [0.1, 0.15) is 0 Å². The molecule has 4 aromatic heterocycles. The second-order valence-corrected chi connectivity index (χ2v) is 7.84. The van der Waals surface area contributed by atoms with Crippen LogP contribution in [0.25, 0.3) is 16.9 Å². The number of hydrogen-bond donors (Lipinski definition) is 1. The van der Waals surface area contributed by atoms with Gasteiger partial charge in [-0.3, -0.25) is 14.7 Å². The molecule has 0 atom stereocenters. The highest BCUT2D eigenvalue weighted by atomic mass is 16.1. The Morgan fingerprint density at radius 1 is 1.06 bits per heavy atom. The molecule has 5 rings (SSSR count). The van der Waals surface area contributed by atoms with Crippen LogP contribution in [0.2, 0.25) is 0 Å². The number of nitrogens with one attached hydrogen (secondary N) is 1. The molecule has 0 saturated carbocycles. The van der Waals surface area contributed by atoms with Gasteiger partial charge in [-0.2, -0.15) is 5.10 Å². The number of hydrogen-bond acceptors (Lipinski definition) is 6. The van der Waals surface area contributed by atoms with E-state index in [0.29, 0.717) is 6.42 Å². The first-order valence-corrected chi connectivity index (χ1v) is 10.6. The molecule has 1 aliphatic rings. The van der Waals surface area contributed by atoms with E-state index in [1.54, 1.807) is 10.9 Å². The molecule has 4 aromatic rings. The van der Waals surface area contributed by atoms with E-state index in [0.717, 1.165) is 66.4 Å². The maximum absolute atomic E-state index is 12.1. The molecule has 1 N–H and O–H groups in total. The summed E-state index contributed by atoms with van der Waals surface area (Å²) in [6, 6.07) is 9.93. The van der Waals surface area contributed by atoms with Gasteiger partial charge < -0.3 is 9.88 Å². The van der Waals surface area contributed by atoms with Gasteiger partial charge in [0.05, 0.1) is 22.9 Å². The molecule has 1 aliphatic heterocycles. The van der Waals surface area contributed by atoms with Crippen LogP contribution < -0.4 is 10.5 Å². The summed E-state index contributed by atoms with van der Waals surface area (Å²) in [5.74, 6) is 0.820. The highest BCUT2D eigenvalue weighted by Gasteiger charge is 2.18. The number of H-pyrrole nitrogens is 1. The summed E-state index contributed by atoms with van der Waals surface area (Å²) in [4.78, 5) is 29.0. The minimum Gasteiger partial charge on any atom is -0.368 e. The van der Waals surface area contributed by atoms with Crippen LogP contribution in [0.5, 0.6) is 0 Å². The maximum Gasteiger partial charge on any atom is 0.251 e. The molecule has 8 heteroatoms. The van der Waals surface area contributed by atoms with E-state index in [9.17, 15) is 4.79 Å². The van der Waals surface area contributed by atoms with Crippen molar-refractivity contribution in [3.05, 3.63) is 76.6 Å². The molecule has 31 heavy (non-hydrogen) atoms. The summed E-state index contributed by atoms with van der Waals surface area (Å²) >= 11 is 0. The molecule has 0 aliphatic carbocycles. The van der Waals surface area contributed by atoms with Crippen LogP contribution in [-0.2, 0) is 13.0 Å². The fourth-order valence-corrected chi connectivity index (χ4v) is 4.04. The number of nitrogens with zero attached hydrogens (tertiary/aromatic N) is 6. The average molecular weight is 416 g/mol. The number of aromatic amines is 1. The van der Waals surface area contributed by atoms with Gasteiger partial charge in [0.15, 0.2) is 5.82 Å². The third kappa shape index (κ3) is 4.06. The number of fused-ring (bicyclic) bond motifs is 1. The number of rotatable bonds is 5. The predicted octanol–water partition coefficient (Wildman–Crippen LogP) is 2.39. The van der Waals surface area contributed by atoms with E-state index in [4.69, 9.17) is 0 Å². The Morgan fingerprint density at radius 3 is 2.65 bits per heavy atom. The Bertz CT molecular complexity index is 1220. The summed E-state index contributed by atoms with van der Waals surface area (Å²) in [6.45, 7) is 6.62. The van der Waals surface area contributed by atoms with Gasteiger partial charge in [-0.1, -0.05) is 6.92 Å². The van der Waals surface area contributed by atoms with Crippen molar-refractivity contribution in [1.29, 1.82) is 0 Å². The van der Waals surface area contributed by atoms with Crippen LogP contribution in [-0.4, -0.2) is 55.8 Å². The second-order valence-electron chi connectivity index (χ2n) is 7.84. The van der Waals surface area contributed by atoms with Crippen molar-refractivity contribution in [2.45, 2.75) is 19.9 Å². The van der Waals surface area contributed by atoms with Crippen molar-refractivity contribution in [2.24, 2.45) is 0 Å². The number of piperazine rings is 1. The zero-order chi connectivity index (χ0) is 21.2. The van der Waals surface area contributed by atoms with Crippen molar-refractivity contribution in [2.75, 3.05) is 31.1 Å².